The minimum atomic E-state index is -0.425. The average Bonchev–Trinajstić information content (AvgIpc) is 3.34. The van der Waals surface area contributed by atoms with Gasteiger partial charge in [-0.2, -0.15) is 0 Å². The summed E-state index contributed by atoms with van der Waals surface area (Å²) < 4.78 is 18.5. The Bertz CT molecular complexity index is 1190. The number of benzene rings is 3. The number of aryl methyl sites for hydroxylation is 1. The number of hydrogen-bond acceptors (Lipinski definition) is 4. The fraction of sp³-hybridized carbons (Fsp3) is 0.231. The standard InChI is InChI=1S/C26H27FN4O3/c1-17-5-12-24(34-2)22(15-17)30-26(33)29-21-16-20(10-11-23(21)31-13-3-4-14-31)28-25(32)18-6-8-19(27)9-7-18/h5-12,15-16H,3-4,13-14H2,1-2H3,(H,28,32)(H2,29,30,33). The van der Waals surface area contributed by atoms with E-state index in [-0.39, 0.29) is 5.91 Å². The Kier molecular flexibility index (Phi) is 6.96. The van der Waals surface area contributed by atoms with Crippen LogP contribution in [0.5, 0.6) is 5.75 Å². The van der Waals surface area contributed by atoms with E-state index >= 15 is 0 Å². The average molecular weight is 463 g/mol. The van der Waals surface area contributed by atoms with E-state index < -0.39 is 11.8 Å². The van der Waals surface area contributed by atoms with Gasteiger partial charge in [0.05, 0.1) is 24.2 Å². The van der Waals surface area contributed by atoms with Gasteiger partial charge in [0.2, 0.25) is 0 Å². The number of nitrogens with one attached hydrogen (secondary N) is 3. The molecular formula is C26H27FN4O3. The SMILES string of the molecule is COc1ccc(C)cc1NC(=O)Nc1cc(NC(=O)c2ccc(F)cc2)ccc1N1CCCC1. The van der Waals surface area contributed by atoms with E-state index in [0.717, 1.165) is 37.2 Å². The molecule has 1 heterocycles. The molecule has 4 rings (SSSR count). The van der Waals surface area contributed by atoms with Crippen LogP contribution >= 0.6 is 0 Å². The summed E-state index contributed by atoms with van der Waals surface area (Å²) in [6.45, 7) is 3.72. The topological polar surface area (TPSA) is 82.7 Å². The van der Waals surface area contributed by atoms with Gasteiger partial charge in [0.15, 0.2) is 0 Å². The molecule has 1 saturated heterocycles. The number of halogens is 1. The molecule has 0 bridgehead atoms. The maximum absolute atomic E-state index is 13.2. The molecule has 8 heteroatoms. The number of nitrogens with zero attached hydrogens (tertiary/aromatic N) is 1. The van der Waals surface area contributed by atoms with Crippen LogP contribution in [0.4, 0.5) is 31.9 Å². The molecule has 0 spiro atoms. The molecule has 0 radical (unpaired) electrons. The van der Waals surface area contributed by atoms with Crippen molar-refractivity contribution in [1.29, 1.82) is 0 Å². The molecule has 176 valence electrons. The lowest BCUT2D eigenvalue weighted by molar-refractivity contribution is 0.102. The van der Waals surface area contributed by atoms with Gasteiger partial charge in [0.25, 0.3) is 5.91 Å². The molecule has 0 saturated carbocycles. The number of anilines is 4. The van der Waals surface area contributed by atoms with Gasteiger partial charge in [-0.3, -0.25) is 4.79 Å². The maximum Gasteiger partial charge on any atom is 0.323 e. The fourth-order valence-corrected chi connectivity index (χ4v) is 3.95. The number of methoxy groups -OCH3 is 1. The Labute approximate surface area is 197 Å². The van der Waals surface area contributed by atoms with Gasteiger partial charge in [-0.15, -0.1) is 0 Å². The summed E-state index contributed by atoms with van der Waals surface area (Å²) in [5, 5.41) is 8.58. The first kappa shape index (κ1) is 23.1. The fourth-order valence-electron chi connectivity index (χ4n) is 3.95. The first-order chi connectivity index (χ1) is 16.4. The van der Waals surface area contributed by atoms with Crippen LogP contribution in [0.25, 0.3) is 0 Å². The highest BCUT2D eigenvalue weighted by molar-refractivity contribution is 6.06. The molecule has 0 aliphatic carbocycles. The van der Waals surface area contributed by atoms with Crippen LogP contribution in [0.2, 0.25) is 0 Å². The van der Waals surface area contributed by atoms with Gasteiger partial charge in [0, 0.05) is 24.3 Å². The third kappa shape index (κ3) is 5.46. The summed E-state index contributed by atoms with van der Waals surface area (Å²) in [5.41, 5.74) is 3.85. The number of amides is 3. The highest BCUT2D eigenvalue weighted by Gasteiger charge is 2.19. The second-order valence-electron chi connectivity index (χ2n) is 8.17. The third-order valence-corrected chi connectivity index (χ3v) is 5.66. The Balaban J connectivity index is 1.56. The zero-order valence-corrected chi connectivity index (χ0v) is 19.2. The quantitative estimate of drug-likeness (QED) is 0.443. The first-order valence-electron chi connectivity index (χ1n) is 11.1. The van der Waals surface area contributed by atoms with Crippen LogP contribution < -0.4 is 25.6 Å². The van der Waals surface area contributed by atoms with Crippen LogP contribution in [-0.4, -0.2) is 32.1 Å². The maximum atomic E-state index is 13.2. The molecule has 1 aliphatic rings. The van der Waals surface area contributed by atoms with Gasteiger partial charge in [-0.1, -0.05) is 6.07 Å². The van der Waals surface area contributed by atoms with E-state index in [9.17, 15) is 14.0 Å². The zero-order chi connectivity index (χ0) is 24.1. The molecule has 7 nitrogen and oxygen atoms in total. The van der Waals surface area contributed by atoms with Crippen molar-refractivity contribution in [3.05, 3.63) is 77.6 Å². The predicted molar refractivity (Wildman–Crippen MR) is 133 cm³/mol. The van der Waals surface area contributed by atoms with E-state index in [4.69, 9.17) is 4.74 Å². The van der Waals surface area contributed by atoms with Gasteiger partial charge < -0.3 is 25.6 Å². The van der Waals surface area contributed by atoms with Crippen LogP contribution in [0, 0.1) is 12.7 Å². The smallest absolute Gasteiger partial charge is 0.323 e. The van der Waals surface area contributed by atoms with Crippen LogP contribution in [0.3, 0.4) is 0 Å². The molecule has 0 atom stereocenters. The monoisotopic (exact) mass is 462 g/mol. The molecule has 0 aromatic heterocycles. The summed E-state index contributed by atoms with van der Waals surface area (Å²) >= 11 is 0. The zero-order valence-electron chi connectivity index (χ0n) is 19.2. The molecule has 1 aliphatic heterocycles. The predicted octanol–water partition coefficient (Wildman–Crippen LogP) is 5.64. The lowest BCUT2D eigenvalue weighted by Crippen LogP contribution is -2.24. The van der Waals surface area contributed by atoms with E-state index in [1.807, 2.05) is 25.1 Å². The Hall–Kier alpha value is -4.07. The Morgan fingerprint density at radius 2 is 1.59 bits per heavy atom. The highest BCUT2D eigenvalue weighted by Crippen LogP contribution is 2.32. The first-order valence-corrected chi connectivity index (χ1v) is 11.1. The molecule has 0 unspecified atom stereocenters. The number of rotatable bonds is 6. The van der Waals surface area contributed by atoms with Gasteiger partial charge >= 0.3 is 6.03 Å². The number of hydrogen-bond donors (Lipinski definition) is 3. The third-order valence-electron chi connectivity index (χ3n) is 5.66. The summed E-state index contributed by atoms with van der Waals surface area (Å²) in [5.74, 6) is -0.219. The lowest BCUT2D eigenvalue weighted by Gasteiger charge is -2.23. The van der Waals surface area contributed by atoms with Crippen molar-refractivity contribution in [3.8, 4) is 5.75 Å². The molecule has 3 aromatic carbocycles. The Morgan fingerprint density at radius 1 is 0.882 bits per heavy atom. The molecule has 1 fully saturated rings. The van der Waals surface area contributed by atoms with Crippen molar-refractivity contribution in [2.45, 2.75) is 19.8 Å². The van der Waals surface area contributed by atoms with Crippen molar-refractivity contribution in [2.24, 2.45) is 0 Å². The second-order valence-corrected chi connectivity index (χ2v) is 8.17. The highest BCUT2D eigenvalue weighted by atomic mass is 19.1. The van der Waals surface area contributed by atoms with Crippen molar-refractivity contribution in [3.63, 3.8) is 0 Å². The van der Waals surface area contributed by atoms with E-state index in [1.54, 1.807) is 25.3 Å². The largest absolute Gasteiger partial charge is 0.495 e. The number of carbonyl (C=O) groups excluding carboxylic acids is 2. The molecular weight excluding hydrogens is 435 g/mol. The summed E-state index contributed by atoms with van der Waals surface area (Å²) in [7, 11) is 1.55. The van der Waals surface area contributed by atoms with Crippen molar-refractivity contribution in [1.82, 2.24) is 0 Å². The van der Waals surface area contributed by atoms with E-state index in [0.29, 0.717) is 28.4 Å². The van der Waals surface area contributed by atoms with Crippen molar-refractivity contribution >= 4 is 34.7 Å². The van der Waals surface area contributed by atoms with Gasteiger partial charge in [0.1, 0.15) is 11.6 Å². The van der Waals surface area contributed by atoms with Crippen LogP contribution in [0.1, 0.15) is 28.8 Å². The molecule has 3 amide bonds. The minimum absolute atomic E-state index is 0.337. The van der Waals surface area contributed by atoms with E-state index in [2.05, 4.69) is 20.9 Å². The molecule has 3 aromatic rings. The number of carbonyl (C=O) groups is 2. The minimum Gasteiger partial charge on any atom is -0.495 e. The second kappa shape index (κ2) is 10.2. The molecule has 3 N–H and O–H groups in total. The van der Waals surface area contributed by atoms with Crippen molar-refractivity contribution < 1.29 is 18.7 Å². The van der Waals surface area contributed by atoms with Crippen LogP contribution in [0.15, 0.2) is 60.7 Å². The number of urea groups is 1. The van der Waals surface area contributed by atoms with E-state index in [1.165, 1.54) is 24.3 Å². The normalized spacial score (nSPS) is 12.9. The Morgan fingerprint density at radius 3 is 2.29 bits per heavy atom. The van der Waals surface area contributed by atoms with Crippen molar-refractivity contribution in [2.75, 3.05) is 41.0 Å². The summed E-state index contributed by atoms with van der Waals surface area (Å²) in [4.78, 5) is 27.7. The number of ether oxygens (including phenoxy) is 1. The van der Waals surface area contributed by atoms with Crippen LogP contribution in [-0.2, 0) is 0 Å². The van der Waals surface area contributed by atoms with Gasteiger partial charge in [-0.25, -0.2) is 9.18 Å². The molecule has 34 heavy (non-hydrogen) atoms. The van der Waals surface area contributed by atoms with Gasteiger partial charge in [-0.05, 0) is 79.9 Å². The summed E-state index contributed by atoms with van der Waals surface area (Å²) in [6.07, 6.45) is 2.16. The lowest BCUT2D eigenvalue weighted by atomic mass is 10.2. The summed E-state index contributed by atoms with van der Waals surface area (Å²) in [6, 6.07) is 15.8.